The van der Waals surface area contributed by atoms with E-state index in [1.54, 1.807) is 17.8 Å². The Morgan fingerprint density at radius 3 is 3.09 bits per heavy atom. The van der Waals surface area contributed by atoms with Crippen molar-refractivity contribution in [1.29, 1.82) is 0 Å². The molecule has 0 radical (unpaired) electrons. The summed E-state index contributed by atoms with van der Waals surface area (Å²) in [6.45, 7) is 1.82. The van der Waals surface area contributed by atoms with Crippen LogP contribution in [0.1, 0.15) is 18.0 Å². The van der Waals surface area contributed by atoms with Crippen molar-refractivity contribution in [3.63, 3.8) is 0 Å². The monoisotopic (exact) mass is 320 g/mol. The van der Waals surface area contributed by atoms with Gasteiger partial charge in [-0.3, -0.25) is 4.68 Å². The number of nitrogens with one attached hydrogen (secondary N) is 1. The maximum absolute atomic E-state index is 13.5. The number of hydrogen-bond donors (Lipinski definition) is 1. The molecule has 1 aromatic carbocycles. The summed E-state index contributed by atoms with van der Waals surface area (Å²) >= 11 is 1.79. The van der Waals surface area contributed by atoms with Crippen molar-refractivity contribution in [3.8, 4) is 0 Å². The second-order valence-corrected chi connectivity index (χ2v) is 6.92. The van der Waals surface area contributed by atoms with E-state index >= 15 is 0 Å². The van der Waals surface area contributed by atoms with Gasteiger partial charge >= 0.3 is 0 Å². The minimum Gasteiger partial charge on any atom is -0.362 e. The molecule has 0 spiro atoms. The van der Waals surface area contributed by atoms with Crippen LogP contribution in [0, 0.1) is 5.82 Å². The van der Waals surface area contributed by atoms with Gasteiger partial charge in [0.2, 0.25) is 0 Å². The molecule has 0 fully saturated rings. The fraction of sp³-hybridized carbons (Fsp3) is 0.438. The molecule has 1 N–H and O–H groups in total. The zero-order chi connectivity index (χ0) is 15.5. The molecule has 1 atom stereocenters. The largest absolute Gasteiger partial charge is 0.362 e. The summed E-state index contributed by atoms with van der Waals surface area (Å²) in [5.41, 5.74) is 1.04. The van der Waals surface area contributed by atoms with Crippen molar-refractivity contribution in [2.24, 2.45) is 0 Å². The van der Waals surface area contributed by atoms with Gasteiger partial charge in [-0.15, -0.1) is 11.8 Å². The quantitative estimate of drug-likeness (QED) is 0.917. The van der Waals surface area contributed by atoms with Gasteiger partial charge in [0.1, 0.15) is 11.6 Å². The molecule has 1 aliphatic rings. The van der Waals surface area contributed by atoms with Gasteiger partial charge in [-0.1, -0.05) is 0 Å². The molecule has 0 bridgehead atoms. The molecule has 4 nitrogen and oxygen atoms in total. The van der Waals surface area contributed by atoms with Gasteiger partial charge in [0.25, 0.3) is 0 Å². The zero-order valence-corrected chi connectivity index (χ0v) is 13.7. The highest BCUT2D eigenvalue weighted by molar-refractivity contribution is 7.99. The Labute approximate surface area is 134 Å². The molecule has 1 aliphatic heterocycles. The molecular formula is C16H21FN4S. The number of thioether (sulfide) groups is 1. The number of halogens is 1. The normalized spacial score (nSPS) is 17.5. The minimum atomic E-state index is -0.176. The average Bonchev–Trinajstić information content (AvgIpc) is 2.93. The fourth-order valence-electron chi connectivity index (χ4n) is 2.56. The van der Waals surface area contributed by atoms with E-state index in [1.165, 1.54) is 6.07 Å². The van der Waals surface area contributed by atoms with Gasteiger partial charge in [0.15, 0.2) is 0 Å². The van der Waals surface area contributed by atoms with Crippen LogP contribution in [0.15, 0.2) is 35.4 Å². The highest BCUT2D eigenvalue weighted by atomic mass is 32.2. The Bertz CT molecular complexity index is 641. The topological polar surface area (TPSA) is 33.1 Å². The van der Waals surface area contributed by atoms with E-state index < -0.39 is 0 Å². The molecule has 0 saturated carbocycles. The summed E-state index contributed by atoms with van der Waals surface area (Å²) in [5.74, 6) is 1.72. The van der Waals surface area contributed by atoms with Crippen molar-refractivity contribution < 1.29 is 4.39 Å². The van der Waals surface area contributed by atoms with Crippen LogP contribution in [0.4, 0.5) is 10.2 Å². The maximum Gasteiger partial charge on any atom is 0.148 e. The molecule has 0 aliphatic carbocycles. The molecule has 2 heterocycles. The van der Waals surface area contributed by atoms with Gasteiger partial charge in [0, 0.05) is 29.5 Å². The van der Waals surface area contributed by atoms with E-state index in [4.69, 9.17) is 0 Å². The molecule has 0 unspecified atom stereocenters. The Balaban J connectivity index is 1.71. The number of likely N-dealkylation sites (N-methyl/N-ethyl adjacent to an activating group) is 1. The standard InChI is InChI=1S/C16H21FN4S/c1-20(2)8-9-21-7-5-16(19-21)18-14-6-10-22-15-4-3-12(17)11-13(14)15/h3-5,7,11,14H,6,8-10H2,1-2H3,(H,18,19)/t14-/m1/s1. The van der Waals surface area contributed by atoms with Crippen LogP contribution >= 0.6 is 11.8 Å². The van der Waals surface area contributed by atoms with Crippen molar-refractivity contribution >= 4 is 17.6 Å². The number of anilines is 1. The number of fused-ring (bicyclic) bond motifs is 1. The Kier molecular flexibility index (Phi) is 4.69. The van der Waals surface area contributed by atoms with Crippen LogP contribution in [0.2, 0.25) is 0 Å². The first-order valence-corrected chi connectivity index (χ1v) is 8.47. The summed E-state index contributed by atoms with van der Waals surface area (Å²) in [6.07, 6.45) is 2.96. The van der Waals surface area contributed by atoms with Crippen LogP contribution in [0.3, 0.4) is 0 Å². The van der Waals surface area contributed by atoms with E-state index in [9.17, 15) is 4.39 Å². The summed E-state index contributed by atoms with van der Waals surface area (Å²) in [7, 11) is 4.10. The third kappa shape index (κ3) is 3.62. The molecular weight excluding hydrogens is 299 g/mol. The predicted molar refractivity (Wildman–Crippen MR) is 88.9 cm³/mol. The predicted octanol–water partition coefficient (Wildman–Crippen LogP) is 3.23. The lowest BCUT2D eigenvalue weighted by Crippen LogP contribution is -2.19. The van der Waals surface area contributed by atoms with E-state index in [0.717, 1.165) is 41.5 Å². The van der Waals surface area contributed by atoms with Crippen molar-refractivity contribution in [3.05, 3.63) is 41.8 Å². The second-order valence-electron chi connectivity index (χ2n) is 5.78. The summed E-state index contributed by atoms with van der Waals surface area (Å²) in [6, 6.07) is 7.16. The Hall–Kier alpha value is -1.53. The SMILES string of the molecule is CN(C)CCn1ccc(N[C@@H]2CCSc3ccc(F)cc32)n1. The van der Waals surface area contributed by atoms with E-state index in [1.807, 2.05) is 37.1 Å². The van der Waals surface area contributed by atoms with Crippen molar-refractivity contribution in [2.45, 2.75) is 23.9 Å². The molecule has 0 amide bonds. The van der Waals surface area contributed by atoms with Gasteiger partial charge < -0.3 is 10.2 Å². The molecule has 0 saturated heterocycles. The Morgan fingerprint density at radius 1 is 1.41 bits per heavy atom. The third-order valence-electron chi connectivity index (χ3n) is 3.75. The molecule has 6 heteroatoms. The second kappa shape index (κ2) is 6.71. The van der Waals surface area contributed by atoms with Gasteiger partial charge in [-0.25, -0.2) is 4.39 Å². The summed E-state index contributed by atoms with van der Waals surface area (Å²) in [4.78, 5) is 3.30. The maximum atomic E-state index is 13.5. The summed E-state index contributed by atoms with van der Waals surface area (Å²) in [5, 5.41) is 8.00. The van der Waals surface area contributed by atoms with E-state index in [-0.39, 0.29) is 11.9 Å². The van der Waals surface area contributed by atoms with Crippen LogP contribution in [-0.4, -0.2) is 41.1 Å². The lowest BCUT2D eigenvalue weighted by atomic mass is 10.0. The fourth-order valence-corrected chi connectivity index (χ4v) is 3.66. The molecule has 118 valence electrons. The first-order chi connectivity index (χ1) is 10.6. The lowest BCUT2D eigenvalue weighted by molar-refractivity contribution is 0.373. The Morgan fingerprint density at radius 2 is 2.27 bits per heavy atom. The minimum absolute atomic E-state index is 0.129. The molecule has 3 rings (SSSR count). The van der Waals surface area contributed by atoms with Crippen LogP contribution < -0.4 is 5.32 Å². The highest BCUT2D eigenvalue weighted by Crippen LogP contribution is 2.37. The van der Waals surface area contributed by atoms with Crippen molar-refractivity contribution in [1.82, 2.24) is 14.7 Å². The lowest BCUT2D eigenvalue weighted by Gasteiger charge is -2.25. The van der Waals surface area contributed by atoms with Gasteiger partial charge in [-0.05, 0) is 44.3 Å². The summed E-state index contributed by atoms with van der Waals surface area (Å²) < 4.78 is 15.5. The van der Waals surface area contributed by atoms with Gasteiger partial charge in [-0.2, -0.15) is 5.10 Å². The first kappa shape index (κ1) is 15.4. The van der Waals surface area contributed by atoms with E-state index in [2.05, 4.69) is 15.3 Å². The number of benzene rings is 1. The van der Waals surface area contributed by atoms with Crippen LogP contribution in [0.5, 0.6) is 0 Å². The third-order valence-corrected chi connectivity index (χ3v) is 4.87. The number of hydrogen-bond acceptors (Lipinski definition) is 4. The van der Waals surface area contributed by atoms with Crippen molar-refractivity contribution in [2.75, 3.05) is 31.7 Å². The highest BCUT2D eigenvalue weighted by Gasteiger charge is 2.21. The smallest absolute Gasteiger partial charge is 0.148 e. The van der Waals surface area contributed by atoms with Crippen LogP contribution in [0.25, 0.3) is 0 Å². The average molecular weight is 320 g/mol. The molecule has 1 aromatic heterocycles. The van der Waals surface area contributed by atoms with E-state index in [0.29, 0.717) is 0 Å². The number of nitrogens with zero attached hydrogens (tertiary/aromatic N) is 3. The zero-order valence-electron chi connectivity index (χ0n) is 12.9. The van der Waals surface area contributed by atoms with Crippen LogP contribution in [-0.2, 0) is 6.54 Å². The number of rotatable bonds is 5. The molecule has 2 aromatic rings. The van der Waals surface area contributed by atoms with Gasteiger partial charge in [0.05, 0.1) is 12.6 Å². The number of aromatic nitrogens is 2. The molecule has 22 heavy (non-hydrogen) atoms. The first-order valence-electron chi connectivity index (χ1n) is 7.49.